The minimum Gasteiger partial charge on any atom is -0.395 e. The van der Waals surface area contributed by atoms with Crippen LogP contribution in [0.2, 0.25) is 0 Å². The fourth-order valence-electron chi connectivity index (χ4n) is 4.07. The van der Waals surface area contributed by atoms with Crippen LogP contribution in [0.3, 0.4) is 0 Å². The molecule has 0 saturated carbocycles. The number of aliphatic hydroxyl groups excluding tert-OH is 2. The molecule has 2 aromatic rings. The van der Waals surface area contributed by atoms with E-state index >= 15 is 0 Å². The van der Waals surface area contributed by atoms with E-state index in [1.54, 1.807) is 0 Å². The highest BCUT2D eigenvalue weighted by molar-refractivity contribution is 5.55. The van der Waals surface area contributed by atoms with Gasteiger partial charge in [-0.15, -0.1) is 0 Å². The van der Waals surface area contributed by atoms with E-state index in [-0.39, 0.29) is 13.2 Å². The Hall–Kier alpha value is -2.27. The number of aromatic nitrogens is 4. The zero-order chi connectivity index (χ0) is 20.9. The monoisotopic (exact) mass is 416 g/mol. The number of β-amino-alcohol motifs (C(OH)–C–C–N with tert-alkyl or cyclic N) is 2. The topological polar surface area (TPSA) is 97.0 Å². The Bertz CT molecular complexity index is 769. The average Bonchev–Trinajstić information content (AvgIpc) is 3.21. The molecule has 2 aromatic heterocycles. The molecule has 0 amide bonds. The number of hydrogen-bond donors (Lipinski definition) is 2. The molecule has 2 saturated heterocycles. The summed E-state index contributed by atoms with van der Waals surface area (Å²) in [6, 6.07) is 4.03. The first-order chi connectivity index (χ1) is 14.7. The standard InChI is InChI=1S/C20H32N8O2/c1-24-4-2-3-17(24)18-21-19(27-9-5-25(6-10-27)13-15-29)23-20(22-18)28-11-7-26(8-12-28)14-16-30/h2-4,29-30H,5-16H2,1H3. The predicted molar refractivity (Wildman–Crippen MR) is 116 cm³/mol. The number of rotatable bonds is 7. The summed E-state index contributed by atoms with van der Waals surface area (Å²) in [5.74, 6) is 2.13. The number of anilines is 2. The van der Waals surface area contributed by atoms with Crippen LogP contribution in [0, 0.1) is 0 Å². The predicted octanol–water partition coefficient (Wildman–Crippen LogP) is -0.894. The Morgan fingerprint density at radius 1 is 0.767 bits per heavy atom. The SMILES string of the molecule is Cn1cccc1-c1nc(N2CCN(CCO)CC2)nc(N2CCN(CCO)CC2)n1. The number of piperazine rings is 2. The van der Waals surface area contributed by atoms with Gasteiger partial charge in [0.25, 0.3) is 0 Å². The molecular formula is C20H32N8O2. The molecule has 0 atom stereocenters. The Morgan fingerprint density at radius 2 is 1.27 bits per heavy atom. The van der Waals surface area contributed by atoms with Crippen molar-refractivity contribution in [2.75, 3.05) is 88.5 Å². The maximum Gasteiger partial charge on any atom is 0.230 e. The van der Waals surface area contributed by atoms with E-state index in [9.17, 15) is 10.2 Å². The molecule has 2 fully saturated rings. The zero-order valence-corrected chi connectivity index (χ0v) is 17.7. The number of aliphatic hydroxyl groups is 2. The van der Waals surface area contributed by atoms with Crippen LogP contribution >= 0.6 is 0 Å². The van der Waals surface area contributed by atoms with Crippen molar-refractivity contribution >= 4 is 11.9 Å². The van der Waals surface area contributed by atoms with Crippen molar-refractivity contribution in [2.24, 2.45) is 7.05 Å². The second-order valence-electron chi connectivity index (χ2n) is 7.87. The second-order valence-corrected chi connectivity index (χ2v) is 7.87. The lowest BCUT2D eigenvalue weighted by molar-refractivity contribution is 0.187. The third-order valence-corrected chi connectivity index (χ3v) is 5.93. The van der Waals surface area contributed by atoms with Gasteiger partial charge in [0.05, 0.1) is 18.9 Å². The highest BCUT2D eigenvalue weighted by atomic mass is 16.3. The van der Waals surface area contributed by atoms with Crippen LogP contribution in [-0.4, -0.2) is 118 Å². The van der Waals surface area contributed by atoms with Crippen molar-refractivity contribution in [1.29, 1.82) is 0 Å². The lowest BCUT2D eigenvalue weighted by Gasteiger charge is -2.36. The van der Waals surface area contributed by atoms with Crippen molar-refractivity contribution in [3.05, 3.63) is 18.3 Å². The summed E-state index contributed by atoms with van der Waals surface area (Å²) in [7, 11) is 2.00. The molecule has 0 aromatic carbocycles. The van der Waals surface area contributed by atoms with Gasteiger partial charge < -0.3 is 24.6 Å². The molecule has 0 aliphatic carbocycles. The van der Waals surface area contributed by atoms with Crippen molar-refractivity contribution in [1.82, 2.24) is 29.3 Å². The molecule has 4 heterocycles. The van der Waals surface area contributed by atoms with Crippen LogP contribution in [0.4, 0.5) is 11.9 Å². The summed E-state index contributed by atoms with van der Waals surface area (Å²) in [6.45, 7) is 8.70. The number of nitrogens with zero attached hydrogens (tertiary/aromatic N) is 8. The molecule has 2 N–H and O–H groups in total. The van der Waals surface area contributed by atoms with E-state index in [2.05, 4.69) is 19.6 Å². The van der Waals surface area contributed by atoms with Gasteiger partial charge >= 0.3 is 0 Å². The average molecular weight is 417 g/mol. The molecule has 0 bridgehead atoms. The van der Waals surface area contributed by atoms with Crippen LogP contribution in [0.1, 0.15) is 0 Å². The third-order valence-electron chi connectivity index (χ3n) is 5.93. The molecule has 0 radical (unpaired) electrons. The summed E-state index contributed by atoms with van der Waals surface area (Å²) < 4.78 is 2.03. The van der Waals surface area contributed by atoms with Crippen LogP contribution in [0.15, 0.2) is 18.3 Å². The second kappa shape index (κ2) is 9.69. The van der Waals surface area contributed by atoms with Gasteiger partial charge in [-0.3, -0.25) is 9.80 Å². The Morgan fingerprint density at radius 3 is 1.67 bits per heavy atom. The van der Waals surface area contributed by atoms with Crippen molar-refractivity contribution in [2.45, 2.75) is 0 Å². The summed E-state index contributed by atoms with van der Waals surface area (Å²) in [5.41, 5.74) is 0.970. The fourth-order valence-corrected chi connectivity index (χ4v) is 4.07. The van der Waals surface area contributed by atoms with Gasteiger partial charge in [0.1, 0.15) is 0 Å². The molecule has 4 rings (SSSR count). The van der Waals surface area contributed by atoms with E-state index in [4.69, 9.17) is 15.0 Å². The molecule has 0 spiro atoms. The molecule has 164 valence electrons. The van der Waals surface area contributed by atoms with E-state index in [1.807, 2.05) is 29.9 Å². The molecule has 30 heavy (non-hydrogen) atoms. The molecule has 10 nitrogen and oxygen atoms in total. The van der Waals surface area contributed by atoms with E-state index in [0.29, 0.717) is 18.9 Å². The first-order valence-electron chi connectivity index (χ1n) is 10.7. The molecular weight excluding hydrogens is 384 g/mol. The van der Waals surface area contributed by atoms with Gasteiger partial charge in [-0.2, -0.15) is 15.0 Å². The van der Waals surface area contributed by atoms with Crippen molar-refractivity contribution in [3.63, 3.8) is 0 Å². The summed E-state index contributed by atoms with van der Waals surface area (Å²) in [6.07, 6.45) is 2.00. The number of hydrogen-bond acceptors (Lipinski definition) is 9. The summed E-state index contributed by atoms with van der Waals surface area (Å²) >= 11 is 0. The first kappa shape index (κ1) is 21.0. The normalized spacial score (nSPS) is 18.9. The Balaban J connectivity index is 1.57. The van der Waals surface area contributed by atoms with E-state index < -0.39 is 0 Å². The Labute approximate surface area is 177 Å². The lowest BCUT2D eigenvalue weighted by atomic mass is 10.3. The summed E-state index contributed by atoms with van der Waals surface area (Å²) in [4.78, 5) is 23.4. The number of aryl methyl sites for hydroxylation is 1. The maximum atomic E-state index is 9.19. The third kappa shape index (κ3) is 4.72. The largest absolute Gasteiger partial charge is 0.395 e. The first-order valence-corrected chi connectivity index (χ1v) is 10.7. The van der Waals surface area contributed by atoms with Gasteiger partial charge in [-0.25, -0.2) is 0 Å². The van der Waals surface area contributed by atoms with Crippen LogP contribution in [0.5, 0.6) is 0 Å². The van der Waals surface area contributed by atoms with Gasteiger partial charge in [-0.1, -0.05) is 0 Å². The fraction of sp³-hybridized carbons (Fsp3) is 0.650. The van der Waals surface area contributed by atoms with Crippen LogP contribution in [0.25, 0.3) is 11.5 Å². The van der Waals surface area contributed by atoms with Crippen molar-refractivity contribution in [3.8, 4) is 11.5 Å². The molecule has 0 unspecified atom stereocenters. The van der Waals surface area contributed by atoms with Gasteiger partial charge in [0, 0.05) is 78.7 Å². The van der Waals surface area contributed by atoms with E-state index in [1.165, 1.54) is 0 Å². The van der Waals surface area contributed by atoms with Gasteiger partial charge in [0.2, 0.25) is 11.9 Å². The Kier molecular flexibility index (Phi) is 6.78. The van der Waals surface area contributed by atoms with Crippen molar-refractivity contribution < 1.29 is 10.2 Å². The summed E-state index contributed by atoms with van der Waals surface area (Å²) in [5, 5.41) is 18.4. The van der Waals surface area contributed by atoms with Crippen LogP contribution < -0.4 is 9.80 Å². The highest BCUT2D eigenvalue weighted by Crippen LogP contribution is 2.23. The minimum atomic E-state index is 0.190. The molecule has 10 heteroatoms. The quantitative estimate of drug-likeness (QED) is 0.595. The maximum absolute atomic E-state index is 9.19. The van der Waals surface area contributed by atoms with E-state index in [0.717, 1.165) is 69.9 Å². The minimum absolute atomic E-state index is 0.190. The molecule has 2 aliphatic heterocycles. The lowest BCUT2D eigenvalue weighted by Crippen LogP contribution is -2.49. The smallest absolute Gasteiger partial charge is 0.230 e. The van der Waals surface area contributed by atoms with Gasteiger partial charge in [-0.05, 0) is 12.1 Å². The van der Waals surface area contributed by atoms with Gasteiger partial charge in [0.15, 0.2) is 5.82 Å². The molecule has 2 aliphatic rings. The van der Waals surface area contributed by atoms with Crippen LogP contribution in [-0.2, 0) is 7.05 Å². The zero-order valence-electron chi connectivity index (χ0n) is 17.7. The highest BCUT2D eigenvalue weighted by Gasteiger charge is 2.24.